The Kier molecular flexibility index (Phi) is 7.68. The van der Waals surface area contributed by atoms with E-state index in [0.717, 1.165) is 12.8 Å². The zero-order valence-electron chi connectivity index (χ0n) is 19.1. The number of carbonyl (C=O) groups is 1. The summed E-state index contributed by atoms with van der Waals surface area (Å²) in [5.74, 6) is 2.10. The van der Waals surface area contributed by atoms with E-state index in [4.69, 9.17) is 4.98 Å². The van der Waals surface area contributed by atoms with E-state index in [0.29, 0.717) is 48.1 Å². The highest BCUT2D eigenvalue weighted by atomic mass is 16.2. The maximum absolute atomic E-state index is 13.3. The smallest absolute Gasteiger partial charge is 0.261 e. The third-order valence-corrected chi connectivity index (χ3v) is 6.56. The van der Waals surface area contributed by atoms with Gasteiger partial charge in [0, 0.05) is 19.5 Å². The van der Waals surface area contributed by atoms with E-state index in [-0.39, 0.29) is 17.5 Å². The molecule has 1 aromatic heterocycles. The van der Waals surface area contributed by atoms with Gasteiger partial charge in [0.05, 0.1) is 16.9 Å². The van der Waals surface area contributed by atoms with Crippen LogP contribution in [0.2, 0.25) is 0 Å². The minimum Gasteiger partial charge on any atom is -0.333 e. The molecule has 0 spiro atoms. The number of nitrogens with zero attached hydrogens (tertiary/aromatic N) is 3. The number of benzene rings is 1. The van der Waals surface area contributed by atoms with Gasteiger partial charge in [-0.25, -0.2) is 4.98 Å². The maximum atomic E-state index is 13.3. The molecule has 1 heterocycles. The van der Waals surface area contributed by atoms with Crippen LogP contribution in [0.3, 0.4) is 0 Å². The topological polar surface area (TPSA) is 55.2 Å². The van der Waals surface area contributed by atoms with E-state index in [9.17, 15) is 9.59 Å². The van der Waals surface area contributed by atoms with Crippen LogP contribution in [0.5, 0.6) is 0 Å². The Balaban J connectivity index is 1.90. The van der Waals surface area contributed by atoms with Crippen LogP contribution in [-0.2, 0) is 11.3 Å². The molecule has 3 rings (SSSR count). The Morgan fingerprint density at radius 1 is 1.20 bits per heavy atom. The third kappa shape index (κ3) is 5.11. The monoisotopic (exact) mass is 411 g/mol. The van der Waals surface area contributed by atoms with Gasteiger partial charge in [-0.3, -0.25) is 14.2 Å². The molecule has 1 aliphatic rings. The Bertz CT molecular complexity index is 912. The minimum absolute atomic E-state index is 0.0211. The van der Waals surface area contributed by atoms with Crippen molar-refractivity contribution in [1.82, 2.24) is 14.5 Å². The van der Waals surface area contributed by atoms with Crippen LogP contribution in [0.4, 0.5) is 0 Å². The van der Waals surface area contributed by atoms with Gasteiger partial charge in [-0.05, 0) is 50.7 Å². The van der Waals surface area contributed by atoms with Crippen molar-refractivity contribution in [3.63, 3.8) is 0 Å². The zero-order valence-corrected chi connectivity index (χ0v) is 19.1. The third-order valence-electron chi connectivity index (χ3n) is 6.56. The van der Waals surface area contributed by atoms with Crippen LogP contribution >= 0.6 is 0 Å². The van der Waals surface area contributed by atoms with Crippen LogP contribution in [0.1, 0.15) is 84.5 Å². The molecule has 1 aliphatic carbocycles. The molecule has 0 bridgehead atoms. The molecular weight excluding hydrogens is 374 g/mol. The predicted molar refractivity (Wildman–Crippen MR) is 122 cm³/mol. The minimum atomic E-state index is -0.225. The molecule has 1 fully saturated rings. The average Bonchev–Trinajstić information content (AvgIpc) is 3.25. The number of hydrogen-bond acceptors (Lipinski definition) is 3. The quantitative estimate of drug-likeness (QED) is 0.561. The summed E-state index contributed by atoms with van der Waals surface area (Å²) < 4.78 is 1.74. The first kappa shape index (κ1) is 22.5. The Morgan fingerprint density at radius 2 is 1.90 bits per heavy atom. The standard InChI is InChI=1S/C25H37N3O2/c1-5-27-24(26-22-13-9-8-12-21(22)25(27)30)19(4)28(17-16-18(2)3)23(29)15-14-20-10-6-7-11-20/h8-9,12-13,18-20H,5-7,10-11,14-17H2,1-4H3. The summed E-state index contributed by atoms with van der Waals surface area (Å²) in [6, 6.07) is 7.26. The molecule has 30 heavy (non-hydrogen) atoms. The van der Waals surface area contributed by atoms with Crippen molar-refractivity contribution < 1.29 is 4.79 Å². The van der Waals surface area contributed by atoms with Gasteiger partial charge >= 0.3 is 0 Å². The summed E-state index contributed by atoms with van der Waals surface area (Å²) in [4.78, 5) is 33.2. The summed E-state index contributed by atoms with van der Waals surface area (Å²) in [5.41, 5.74) is 0.684. The number of aromatic nitrogens is 2. The lowest BCUT2D eigenvalue weighted by atomic mass is 10.0. The van der Waals surface area contributed by atoms with Gasteiger partial charge in [-0.2, -0.15) is 0 Å². The zero-order chi connectivity index (χ0) is 21.7. The van der Waals surface area contributed by atoms with Crippen LogP contribution in [0.25, 0.3) is 10.9 Å². The summed E-state index contributed by atoms with van der Waals surface area (Å²) >= 11 is 0. The van der Waals surface area contributed by atoms with Gasteiger partial charge in [-0.15, -0.1) is 0 Å². The maximum Gasteiger partial charge on any atom is 0.261 e. The summed E-state index contributed by atoms with van der Waals surface area (Å²) in [7, 11) is 0. The molecule has 0 saturated heterocycles. The van der Waals surface area contributed by atoms with Crippen molar-refractivity contribution in [2.24, 2.45) is 11.8 Å². The molecule has 0 N–H and O–H groups in total. The number of hydrogen-bond donors (Lipinski definition) is 0. The second-order valence-electron chi connectivity index (χ2n) is 9.17. The average molecular weight is 412 g/mol. The highest BCUT2D eigenvalue weighted by Crippen LogP contribution is 2.30. The summed E-state index contributed by atoms with van der Waals surface area (Å²) in [6.07, 6.45) is 7.65. The molecule has 2 aromatic rings. The predicted octanol–water partition coefficient (Wildman–Crippen LogP) is 5.32. The van der Waals surface area contributed by atoms with Gasteiger partial charge in [-0.1, -0.05) is 51.7 Å². The van der Waals surface area contributed by atoms with E-state index in [2.05, 4.69) is 13.8 Å². The molecule has 5 heteroatoms. The van der Waals surface area contributed by atoms with Gasteiger partial charge in [0.1, 0.15) is 5.82 Å². The molecule has 1 aromatic carbocycles. The summed E-state index contributed by atoms with van der Waals surface area (Å²) in [6.45, 7) is 9.61. The fourth-order valence-electron chi connectivity index (χ4n) is 4.65. The second-order valence-corrected chi connectivity index (χ2v) is 9.17. The van der Waals surface area contributed by atoms with E-state index in [1.165, 1.54) is 25.7 Å². The van der Waals surface area contributed by atoms with Crippen LogP contribution < -0.4 is 5.56 Å². The number of fused-ring (bicyclic) bond motifs is 1. The first-order chi connectivity index (χ1) is 14.4. The van der Waals surface area contributed by atoms with Crippen LogP contribution in [0.15, 0.2) is 29.1 Å². The van der Waals surface area contributed by atoms with Gasteiger partial charge in [0.2, 0.25) is 5.91 Å². The molecule has 1 amide bonds. The van der Waals surface area contributed by atoms with Gasteiger partial charge in [0.25, 0.3) is 5.56 Å². The fourth-order valence-corrected chi connectivity index (χ4v) is 4.65. The van der Waals surface area contributed by atoms with Crippen molar-refractivity contribution in [2.75, 3.05) is 6.54 Å². The lowest BCUT2D eigenvalue weighted by molar-refractivity contribution is -0.134. The largest absolute Gasteiger partial charge is 0.333 e. The molecule has 1 saturated carbocycles. The van der Waals surface area contributed by atoms with Crippen molar-refractivity contribution in [1.29, 1.82) is 0 Å². The Morgan fingerprint density at radius 3 is 2.57 bits per heavy atom. The molecule has 164 valence electrons. The van der Waals surface area contributed by atoms with Gasteiger partial charge < -0.3 is 4.90 Å². The second kappa shape index (κ2) is 10.2. The summed E-state index contributed by atoms with van der Waals surface area (Å²) in [5, 5.41) is 0.636. The first-order valence-corrected chi connectivity index (χ1v) is 11.7. The number of carbonyl (C=O) groups excluding carboxylic acids is 1. The number of para-hydroxylation sites is 1. The molecule has 0 aliphatic heterocycles. The lowest BCUT2D eigenvalue weighted by Gasteiger charge is -2.31. The molecule has 0 radical (unpaired) electrons. The lowest BCUT2D eigenvalue weighted by Crippen LogP contribution is -2.38. The molecule has 1 unspecified atom stereocenters. The van der Waals surface area contributed by atoms with Crippen molar-refractivity contribution >= 4 is 16.8 Å². The van der Waals surface area contributed by atoms with E-state index >= 15 is 0 Å². The van der Waals surface area contributed by atoms with Crippen LogP contribution in [-0.4, -0.2) is 26.9 Å². The van der Waals surface area contributed by atoms with Crippen molar-refractivity contribution in [3.8, 4) is 0 Å². The van der Waals surface area contributed by atoms with E-state index in [1.54, 1.807) is 4.57 Å². The number of amides is 1. The molecule has 1 atom stereocenters. The van der Waals surface area contributed by atoms with Crippen molar-refractivity contribution in [2.45, 2.75) is 85.2 Å². The van der Waals surface area contributed by atoms with E-state index < -0.39 is 0 Å². The molecular formula is C25H37N3O2. The Labute approximate surface area is 180 Å². The van der Waals surface area contributed by atoms with E-state index in [1.807, 2.05) is 43.0 Å². The highest BCUT2D eigenvalue weighted by molar-refractivity contribution is 5.78. The molecule has 5 nitrogen and oxygen atoms in total. The number of rotatable bonds is 9. The normalized spacial score (nSPS) is 15.8. The SMILES string of the molecule is CCn1c(C(C)N(CCC(C)C)C(=O)CCC2CCCC2)nc2ccccc2c1=O. The van der Waals surface area contributed by atoms with Crippen molar-refractivity contribution in [3.05, 3.63) is 40.4 Å². The van der Waals surface area contributed by atoms with Crippen LogP contribution in [0, 0.1) is 11.8 Å². The first-order valence-electron chi connectivity index (χ1n) is 11.7. The van der Waals surface area contributed by atoms with Gasteiger partial charge in [0.15, 0.2) is 0 Å². The highest BCUT2D eigenvalue weighted by Gasteiger charge is 2.27. The Hall–Kier alpha value is -2.17. The fraction of sp³-hybridized carbons (Fsp3) is 0.640.